The molecule has 70 valence electrons. The van der Waals surface area contributed by atoms with E-state index in [0.29, 0.717) is 0 Å². The van der Waals surface area contributed by atoms with Crippen LogP contribution in [0.15, 0.2) is 13.2 Å². The molecular formula is C11H26. The van der Waals surface area contributed by atoms with Gasteiger partial charge in [-0.3, -0.25) is 0 Å². The highest BCUT2D eigenvalue weighted by Gasteiger charge is 1.09. The highest BCUT2D eigenvalue weighted by atomic mass is 13.2. The first-order valence-electron chi connectivity index (χ1n) is 4.29. The van der Waals surface area contributed by atoms with Crippen LogP contribution in [0.1, 0.15) is 48.5 Å². The Morgan fingerprint density at radius 3 is 0.818 bits per heavy atom. The standard InChI is InChI=1S/C3H4.3C2H6.C2H4/c1-3-2;4*1-2/h1H,2H3;3*1-2H3;1-2H2. The number of rotatable bonds is 0. The molecule has 11 heavy (non-hydrogen) atoms. The molecule has 0 aliphatic rings. The van der Waals surface area contributed by atoms with Crippen molar-refractivity contribution in [2.24, 2.45) is 0 Å². The van der Waals surface area contributed by atoms with E-state index in [0.717, 1.165) is 0 Å². The van der Waals surface area contributed by atoms with Crippen LogP contribution < -0.4 is 0 Å². The Kier molecular flexibility index (Phi) is 20500. The SMILES string of the molecule is C#CC.C=C.CC.CC.CC. The lowest BCUT2D eigenvalue weighted by atomic mass is 10.9. The Morgan fingerprint density at radius 1 is 0.818 bits per heavy atom. The number of hydrogen-bond acceptors (Lipinski definition) is 0. The fourth-order valence-corrected chi connectivity index (χ4v) is 0. The summed E-state index contributed by atoms with van der Waals surface area (Å²) in [6, 6.07) is 0. The van der Waals surface area contributed by atoms with E-state index in [4.69, 9.17) is 0 Å². The van der Waals surface area contributed by atoms with Crippen molar-refractivity contribution in [1.82, 2.24) is 0 Å². The van der Waals surface area contributed by atoms with E-state index in [-0.39, 0.29) is 0 Å². The van der Waals surface area contributed by atoms with Crippen LogP contribution in [-0.4, -0.2) is 0 Å². The zero-order chi connectivity index (χ0) is 10.7. The van der Waals surface area contributed by atoms with Crippen molar-refractivity contribution in [3.63, 3.8) is 0 Å². The van der Waals surface area contributed by atoms with E-state index in [1.54, 1.807) is 6.92 Å². The first-order valence-corrected chi connectivity index (χ1v) is 4.29. The number of terminal acetylenes is 1. The van der Waals surface area contributed by atoms with Crippen LogP contribution in [-0.2, 0) is 0 Å². The topological polar surface area (TPSA) is 0 Å². The molecule has 0 heterocycles. The Hall–Kier alpha value is -0.700. The summed E-state index contributed by atoms with van der Waals surface area (Å²) in [5, 5.41) is 0. The Morgan fingerprint density at radius 2 is 0.818 bits per heavy atom. The summed E-state index contributed by atoms with van der Waals surface area (Å²) in [4.78, 5) is 0. The highest BCUT2D eigenvalue weighted by molar-refractivity contribution is 4.73. The molecule has 0 bridgehead atoms. The maximum Gasteiger partial charge on any atom is -0.00297 e. The molecule has 0 aromatic heterocycles. The van der Waals surface area contributed by atoms with Crippen LogP contribution in [0.2, 0.25) is 0 Å². The van der Waals surface area contributed by atoms with E-state index in [2.05, 4.69) is 25.5 Å². The van der Waals surface area contributed by atoms with Gasteiger partial charge in [-0.15, -0.1) is 25.5 Å². The van der Waals surface area contributed by atoms with Crippen molar-refractivity contribution < 1.29 is 0 Å². The first kappa shape index (κ1) is 31.7. The van der Waals surface area contributed by atoms with Crippen LogP contribution in [0, 0.1) is 12.3 Å². The zero-order valence-corrected chi connectivity index (χ0v) is 9.49. The van der Waals surface area contributed by atoms with Gasteiger partial charge in [-0.1, -0.05) is 41.5 Å². The lowest BCUT2D eigenvalue weighted by molar-refractivity contribution is 1.50. The minimum absolute atomic E-state index is 1.65. The quantitative estimate of drug-likeness (QED) is 0.359. The van der Waals surface area contributed by atoms with E-state index < -0.39 is 0 Å². The smallest absolute Gasteiger partial charge is 0.00297 e. The summed E-state index contributed by atoms with van der Waals surface area (Å²) < 4.78 is 0. The summed E-state index contributed by atoms with van der Waals surface area (Å²) in [7, 11) is 0. The fraction of sp³-hybridized carbons (Fsp3) is 0.636. The largest absolute Gasteiger partial charge is 0.120 e. The van der Waals surface area contributed by atoms with Gasteiger partial charge in [-0.25, -0.2) is 0 Å². The third-order valence-corrected chi connectivity index (χ3v) is 0. The molecule has 0 heteroatoms. The molecular weight excluding hydrogens is 132 g/mol. The van der Waals surface area contributed by atoms with E-state index in [1.807, 2.05) is 41.5 Å². The average molecular weight is 158 g/mol. The Bertz CT molecular complexity index is 29.8. The molecule has 0 amide bonds. The average Bonchev–Trinajstić information content (AvgIpc) is 2.18. The number of hydrogen-bond donors (Lipinski definition) is 0. The van der Waals surface area contributed by atoms with E-state index in [1.165, 1.54) is 0 Å². The summed E-state index contributed by atoms with van der Waals surface area (Å²) in [5.74, 6) is 2.25. The van der Waals surface area contributed by atoms with Crippen LogP contribution >= 0.6 is 0 Å². The Labute approximate surface area is 74.7 Å². The summed E-state index contributed by atoms with van der Waals surface area (Å²) in [6.45, 7) is 19.7. The van der Waals surface area contributed by atoms with Gasteiger partial charge in [-0.2, -0.15) is 0 Å². The molecule has 0 radical (unpaired) electrons. The molecule has 0 saturated heterocycles. The van der Waals surface area contributed by atoms with Crippen molar-refractivity contribution >= 4 is 0 Å². The van der Waals surface area contributed by atoms with E-state index in [9.17, 15) is 0 Å². The van der Waals surface area contributed by atoms with E-state index >= 15 is 0 Å². The van der Waals surface area contributed by atoms with Gasteiger partial charge in [0.05, 0.1) is 0 Å². The molecule has 0 aromatic rings. The molecule has 0 saturated carbocycles. The van der Waals surface area contributed by atoms with Crippen molar-refractivity contribution in [3.8, 4) is 12.3 Å². The van der Waals surface area contributed by atoms with Crippen LogP contribution in [0.5, 0.6) is 0 Å². The second kappa shape index (κ2) is 7120. The second-order valence-corrected chi connectivity index (χ2v) is 0.289. The first-order chi connectivity index (χ1) is 5.41. The molecule has 0 aliphatic heterocycles. The maximum absolute atomic E-state index is 4.60. The Balaban J connectivity index is -0.0000000139. The summed E-state index contributed by atoms with van der Waals surface area (Å²) in [5.41, 5.74) is 0. The van der Waals surface area contributed by atoms with Crippen LogP contribution in [0.4, 0.5) is 0 Å². The molecule has 0 fully saturated rings. The third-order valence-electron chi connectivity index (χ3n) is 0. The van der Waals surface area contributed by atoms with Crippen molar-refractivity contribution in [2.45, 2.75) is 48.5 Å². The molecule has 0 aliphatic carbocycles. The molecule has 0 nitrogen and oxygen atoms in total. The normalized spacial score (nSPS) is 2.73. The lowest BCUT2D eigenvalue weighted by Crippen LogP contribution is -1.10. The van der Waals surface area contributed by atoms with Gasteiger partial charge in [-0.05, 0) is 6.92 Å². The van der Waals surface area contributed by atoms with Gasteiger partial charge in [0.25, 0.3) is 0 Å². The highest BCUT2D eigenvalue weighted by Crippen LogP contribution is 1.21. The molecule has 0 unspecified atom stereocenters. The summed E-state index contributed by atoms with van der Waals surface area (Å²) in [6.07, 6.45) is 4.60. The fourth-order valence-electron chi connectivity index (χ4n) is 0. The van der Waals surface area contributed by atoms with Crippen LogP contribution in [0.25, 0.3) is 0 Å². The predicted octanol–water partition coefficient (Wildman–Crippen LogP) is 4.52. The van der Waals surface area contributed by atoms with Crippen molar-refractivity contribution in [3.05, 3.63) is 13.2 Å². The van der Waals surface area contributed by atoms with Gasteiger partial charge in [0.2, 0.25) is 0 Å². The minimum Gasteiger partial charge on any atom is -0.120 e. The molecule has 0 aromatic carbocycles. The third kappa shape index (κ3) is 1010. The van der Waals surface area contributed by atoms with Gasteiger partial charge < -0.3 is 0 Å². The zero-order valence-electron chi connectivity index (χ0n) is 9.49. The summed E-state index contributed by atoms with van der Waals surface area (Å²) >= 11 is 0. The van der Waals surface area contributed by atoms with Crippen LogP contribution in [0.3, 0.4) is 0 Å². The molecule has 0 N–H and O–H groups in total. The van der Waals surface area contributed by atoms with Crippen molar-refractivity contribution in [1.29, 1.82) is 0 Å². The van der Waals surface area contributed by atoms with Crippen molar-refractivity contribution in [2.75, 3.05) is 0 Å². The molecule has 0 rings (SSSR count). The monoisotopic (exact) mass is 158 g/mol. The molecule has 0 spiro atoms. The van der Waals surface area contributed by atoms with Gasteiger partial charge in [0.1, 0.15) is 0 Å². The van der Waals surface area contributed by atoms with Gasteiger partial charge >= 0.3 is 0 Å². The predicted molar refractivity (Wildman–Crippen MR) is 59.8 cm³/mol. The maximum atomic E-state index is 4.60. The van der Waals surface area contributed by atoms with Gasteiger partial charge in [0, 0.05) is 0 Å². The second-order valence-electron chi connectivity index (χ2n) is 0.289. The minimum atomic E-state index is 1.65. The lowest BCUT2D eigenvalue weighted by Gasteiger charge is -1.23. The van der Waals surface area contributed by atoms with Gasteiger partial charge in [0.15, 0.2) is 0 Å². The molecule has 0 atom stereocenters.